The standard InChI is InChI=1S/C20H26N4O/c1-22-12-9-18(10-13-22)23(2)20(25)17(14-21)15-24-11-5-7-16-6-3-4-8-19(16)24/h3-4,6,8,15,18H,5,7,9-13H2,1-2H3/b17-15-. The Balaban J connectivity index is 1.77. The lowest BCUT2D eigenvalue weighted by Gasteiger charge is -2.35. The molecular formula is C20H26N4O. The van der Waals surface area contributed by atoms with Gasteiger partial charge in [0, 0.05) is 31.5 Å². The molecule has 1 fully saturated rings. The van der Waals surface area contributed by atoms with Crippen molar-refractivity contribution >= 4 is 11.6 Å². The van der Waals surface area contributed by atoms with Crippen molar-refractivity contribution in [3.63, 3.8) is 0 Å². The summed E-state index contributed by atoms with van der Waals surface area (Å²) in [5.41, 5.74) is 2.60. The number of likely N-dealkylation sites (N-methyl/N-ethyl adjacent to an activating group) is 1. The zero-order valence-electron chi connectivity index (χ0n) is 15.1. The minimum absolute atomic E-state index is 0.167. The Kier molecular flexibility index (Phi) is 5.40. The number of piperidine rings is 1. The summed E-state index contributed by atoms with van der Waals surface area (Å²) in [5.74, 6) is -0.167. The molecule has 5 heteroatoms. The van der Waals surface area contributed by atoms with E-state index >= 15 is 0 Å². The Morgan fingerprint density at radius 2 is 2.00 bits per heavy atom. The number of carbonyl (C=O) groups excluding carboxylic acids is 1. The van der Waals surface area contributed by atoms with Gasteiger partial charge in [-0.15, -0.1) is 0 Å². The highest BCUT2D eigenvalue weighted by Gasteiger charge is 2.27. The van der Waals surface area contributed by atoms with Crippen LogP contribution in [-0.2, 0) is 11.2 Å². The average molecular weight is 338 g/mol. The molecule has 0 aromatic heterocycles. The van der Waals surface area contributed by atoms with Gasteiger partial charge in [-0.25, -0.2) is 0 Å². The van der Waals surface area contributed by atoms with E-state index in [2.05, 4.69) is 35.0 Å². The van der Waals surface area contributed by atoms with Crippen LogP contribution in [0, 0.1) is 11.3 Å². The molecule has 1 amide bonds. The zero-order valence-corrected chi connectivity index (χ0v) is 15.1. The van der Waals surface area contributed by atoms with E-state index in [9.17, 15) is 10.1 Å². The molecule has 0 radical (unpaired) electrons. The summed E-state index contributed by atoms with van der Waals surface area (Å²) in [4.78, 5) is 18.9. The highest BCUT2D eigenvalue weighted by Crippen LogP contribution is 2.27. The molecule has 0 aliphatic carbocycles. The predicted molar refractivity (Wildman–Crippen MR) is 99.1 cm³/mol. The van der Waals surface area contributed by atoms with Gasteiger partial charge in [-0.3, -0.25) is 4.79 Å². The number of fused-ring (bicyclic) bond motifs is 1. The summed E-state index contributed by atoms with van der Waals surface area (Å²) in [6, 6.07) is 10.6. The molecule has 0 atom stereocenters. The van der Waals surface area contributed by atoms with Crippen LogP contribution in [0.25, 0.3) is 0 Å². The van der Waals surface area contributed by atoms with Gasteiger partial charge in [-0.05, 0) is 57.5 Å². The monoisotopic (exact) mass is 338 g/mol. The van der Waals surface area contributed by atoms with Gasteiger partial charge >= 0.3 is 0 Å². The number of hydrogen-bond donors (Lipinski definition) is 0. The van der Waals surface area contributed by atoms with E-state index in [1.807, 2.05) is 19.2 Å². The summed E-state index contributed by atoms with van der Waals surface area (Å²) < 4.78 is 0. The van der Waals surface area contributed by atoms with Gasteiger partial charge in [-0.2, -0.15) is 5.26 Å². The highest BCUT2D eigenvalue weighted by atomic mass is 16.2. The molecule has 1 aromatic rings. The molecule has 1 aromatic carbocycles. The van der Waals surface area contributed by atoms with E-state index in [-0.39, 0.29) is 17.5 Å². The van der Waals surface area contributed by atoms with Crippen LogP contribution in [0.15, 0.2) is 36.0 Å². The third kappa shape index (κ3) is 3.85. The van der Waals surface area contributed by atoms with Crippen molar-refractivity contribution in [3.8, 4) is 6.07 Å². The fourth-order valence-electron chi connectivity index (χ4n) is 3.72. The first-order chi connectivity index (χ1) is 12.1. The van der Waals surface area contributed by atoms with E-state index in [1.54, 1.807) is 11.1 Å². The summed E-state index contributed by atoms with van der Waals surface area (Å²) >= 11 is 0. The van der Waals surface area contributed by atoms with Crippen LogP contribution in [-0.4, -0.2) is 55.5 Å². The number of anilines is 1. The van der Waals surface area contributed by atoms with Crippen molar-refractivity contribution in [1.29, 1.82) is 5.26 Å². The Bertz CT molecular complexity index is 698. The first-order valence-corrected chi connectivity index (χ1v) is 9.02. The molecular weight excluding hydrogens is 312 g/mol. The molecule has 2 aliphatic rings. The van der Waals surface area contributed by atoms with E-state index in [0.717, 1.165) is 51.0 Å². The van der Waals surface area contributed by atoms with Crippen LogP contribution in [0.1, 0.15) is 24.8 Å². The van der Waals surface area contributed by atoms with Crippen LogP contribution >= 0.6 is 0 Å². The number of para-hydroxylation sites is 1. The third-order valence-electron chi connectivity index (χ3n) is 5.34. The van der Waals surface area contributed by atoms with E-state index in [1.165, 1.54) is 5.56 Å². The van der Waals surface area contributed by atoms with Crippen LogP contribution in [0.2, 0.25) is 0 Å². The van der Waals surface area contributed by atoms with E-state index < -0.39 is 0 Å². The number of likely N-dealkylation sites (tertiary alicyclic amines) is 1. The van der Waals surface area contributed by atoms with Gasteiger partial charge in [0.25, 0.3) is 5.91 Å². The van der Waals surface area contributed by atoms with Crippen LogP contribution in [0.4, 0.5) is 5.69 Å². The summed E-state index contributed by atoms with van der Waals surface area (Å²) in [5, 5.41) is 9.56. The van der Waals surface area contributed by atoms with Crippen molar-refractivity contribution in [2.45, 2.75) is 31.7 Å². The first-order valence-electron chi connectivity index (χ1n) is 9.02. The molecule has 1 saturated heterocycles. The van der Waals surface area contributed by atoms with Gasteiger partial charge in [0.05, 0.1) is 0 Å². The van der Waals surface area contributed by atoms with E-state index in [0.29, 0.717) is 0 Å². The first kappa shape index (κ1) is 17.5. The van der Waals surface area contributed by atoms with Crippen LogP contribution in [0.3, 0.4) is 0 Å². The van der Waals surface area contributed by atoms with Gasteiger partial charge in [0.15, 0.2) is 0 Å². The molecule has 3 rings (SSSR count). The fourth-order valence-corrected chi connectivity index (χ4v) is 3.72. The molecule has 5 nitrogen and oxygen atoms in total. The van der Waals surface area contributed by atoms with Crippen molar-refractivity contribution < 1.29 is 4.79 Å². The Morgan fingerprint density at radius 3 is 2.72 bits per heavy atom. The third-order valence-corrected chi connectivity index (χ3v) is 5.34. The maximum absolute atomic E-state index is 12.8. The molecule has 0 bridgehead atoms. The number of aryl methyl sites for hydroxylation is 1. The Labute approximate surface area is 150 Å². The fraction of sp³-hybridized carbons (Fsp3) is 0.500. The lowest BCUT2D eigenvalue weighted by atomic mass is 10.0. The average Bonchev–Trinajstić information content (AvgIpc) is 2.65. The normalized spacial score (nSPS) is 19.2. The van der Waals surface area contributed by atoms with Crippen molar-refractivity contribution in [2.24, 2.45) is 0 Å². The zero-order chi connectivity index (χ0) is 17.8. The second kappa shape index (κ2) is 7.71. The van der Waals surface area contributed by atoms with Gasteiger partial charge < -0.3 is 14.7 Å². The summed E-state index contributed by atoms with van der Waals surface area (Å²) in [6.45, 7) is 2.83. The number of rotatable bonds is 3. The van der Waals surface area contributed by atoms with E-state index in [4.69, 9.17) is 0 Å². The predicted octanol–water partition coefficient (Wildman–Crippen LogP) is 2.40. The minimum atomic E-state index is -0.167. The maximum atomic E-state index is 12.8. The second-order valence-corrected chi connectivity index (χ2v) is 7.03. The summed E-state index contributed by atoms with van der Waals surface area (Å²) in [7, 11) is 3.93. The lowest BCUT2D eigenvalue weighted by Crippen LogP contribution is -2.45. The van der Waals surface area contributed by atoms with Crippen molar-refractivity contribution in [3.05, 3.63) is 41.6 Å². The largest absolute Gasteiger partial charge is 0.346 e. The Hall–Kier alpha value is -2.32. The topological polar surface area (TPSA) is 50.6 Å². The number of amides is 1. The molecule has 0 spiro atoms. The van der Waals surface area contributed by atoms with Gasteiger partial charge in [0.1, 0.15) is 11.6 Å². The summed E-state index contributed by atoms with van der Waals surface area (Å²) in [6.07, 6.45) is 5.75. The van der Waals surface area contributed by atoms with Gasteiger partial charge in [0.2, 0.25) is 0 Å². The molecule has 132 valence electrons. The van der Waals surface area contributed by atoms with Crippen molar-refractivity contribution in [1.82, 2.24) is 9.80 Å². The molecule has 0 unspecified atom stereocenters. The smallest absolute Gasteiger partial charge is 0.266 e. The highest BCUT2D eigenvalue weighted by molar-refractivity contribution is 5.97. The molecule has 0 N–H and O–H groups in total. The lowest BCUT2D eigenvalue weighted by molar-refractivity contribution is -0.128. The SMILES string of the molecule is CN1CCC(N(C)C(=O)/C(C#N)=C\N2CCCc3ccccc32)CC1. The maximum Gasteiger partial charge on any atom is 0.266 e. The molecule has 2 heterocycles. The number of nitriles is 1. The number of carbonyl (C=O) groups is 1. The molecule has 0 saturated carbocycles. The number of hydrogen-bond acceptors (Lipinski definition) is 4. The second-order valence-electron chi connectivity index (χ2n) is 7.03. The van der Waals surface area contributed by atoms with Gasteiger partial charge in [-0.1, -0.05) is 18.2 Å². The quantitative estimate of drug-likeness (QED) is 0.627. The van der Waals surface area contributed by atoms with Crippen LogP contribution < -0.4 is 4.90 Å². The Morgan fingerprint density at radius 1 is 1.28 bits per heavy atom. The van der Waals surface area contributed by atoms with Crippen LogP contribution in [0.5, 0.6) is 0 Å². The van der Waals surface area contributed by atoms with Crippen molar-refractivity contribution in [2.75, 3.05) is 38.6 Å². The molecule has 25 heavy (non-hydrogen) atoms. The minimum Gasteiger partial charge on any atom is -0.346 e. The number of nitrogens with zero attached hydrogens (tertiary/aromatic N) is 4. The number of benzene rings is 1. The molecule has 2 aliphatic heterocycles.